The number of hydrogen-bond acceptors (Lipinski definition) is 5. The van der Waals surface area contributed by atoms with E-state index in [1.165, 1.54) is 23.0 Å². The Kier molecular flexibility index (Phi) is 3.49. The fourth-order valence-electron chi connectivity index (χ4n) is 3.18. The van der Waals surface area contributed by atoms with E-state index < -0.39 is 0 Å². The summed E-state index contributed by atoms with van der Waals surface area (Å²) in [5.41, 5.74) is 3.08. The second kappa shape index (κ2) is 5.88. The van der Waals surface area contributed by atoms with E-state index in [2.05, 4.69) is 10.2 Å². The smallest absolute Gasteiger partial charge is 0.235 e. The van der Waals surface area contributed by atoms with Crippen LogP contribution in [0.3, 0.4) is 0 Å². The Hall–Kier alpha value is -2.80. The topological polar surface area (TPSA) is 52.3 Å². The number of rotatable bonds is 2. The minimum atomic E-state index is -0.229. The van der Waals surface area contributed by atoms with Crippen LogP contribution in [0.5, 0.6) is 5.75 Å². The monoisotopic (exact) mass is 366 g/mol. The van der Waals surface area contributed by atoms with Gasteiger partial charge in [0.15, 0.2) is 16.9 Å². The first-order valence-electron chi connectivity index (χ1n) is 8.41. The molecule has 0 aliphatic carbocycles. The third-order valence-electron chi connectivity index (χ3n) is 4.56. The second-order valence-corrected chi connectivity index (χ2v) is 7.41. The molecule has 0 fully saturated rings. The second-order valence-electron chi connectivity index (χ2n) is 6.42. The largest absolute Gasteiger partial charge is 0.483 e. The van der Waals surface area contributed by atoms with Crippen molar-refractivity contribution in [1.82, 2.24) is 19.8 Å². The highest BCUT2D eigenvalue weighted by atomic mass is 32.1. The molecule has 2 aromatic carbocycles. The highest BCUT2D eigenvalue weighted by Crippen LogP contribution is 2.37. The molecule has 0 saturated heterocycles. The van der Waals surface area contributed by atoms with Crippen molar-refractivity contribution in [1.29, 1.82) is 0 Å². The van der Waals surface area contributed by atoms with Gasteiger partial charge in [-0.1, -0.05) is 41.2 Å². The summed E-state index contributed by atoms with van der Waals surface area (Å²) >= 11 is 1.48. The summed E-state index contributed by atoms with van der Waals surface area (Å²) < 4.78 is 21.2. The third kappa shape index (κ3) is 2.55. The predicted octanol–water partition coefficient (Wildman–Crippen LogP) is 4.37. The van der Waals surface area contributed by atoms with E-state index >= 15 is 0 Å². The molecule has 0 spiro atoms. The molecule has 130 valence electrons. The molecule has 7 heteroatoms. The van der Waals surface area contributed by atoms with Crippen molar-refractivity contribution in [3.63, 3.8) is 0 Å². The number of benzene rings is 2. The van der Waals surface area contributed by atoms with Crippen LogP contribution >= 0.6 is 11.3 Å². The summed E-state index contributed by atoms with van der Waals surface area (Å²) in [5, 5.41) is 14.1. The maximum Gasteiger partial charge on any atom is 0.235 e. The predicted molar refractivity (Wildman–Crippen MR) is 96.9 cm³/mol. The molecule has 4 aromatic rings. The molecular formula is C19H15FN4OS. The molecule has 5 rings (SSSR count). The van der Waals surface area contributed by atoms with Crippen LogP contribution in [0.1, 0.15) is 28.7 Å². The highest BCUT2D eigenvalue weighted by Gasteiger charge is 2.26. The maximum atomic E-state index is 13.4. The van der Waals surface area contributed by atoms with Crippen molar-refractivity contribution in [2.45, 2.75) is 25.9 Å². The molecule has 26 heavy (non-hydrogen) atoms. The first kappa shape index (κ1) is 15.5. The van der Waals surface area contributed by atoms with Crippen LogP contribution in [-0.4, -0.2) is 19.8 Å². The van der Waals surface area contributed by atoms with Crippen molar-refractivity contribution >= 4 is 16.3 Å². The Morgan fingerprint density at radius 1 is 1.15 bits per heavy atom. The van der Waals surface area contributed by atoms with E-state index in [-0.39, 0.29) is 11.9 Å². The standard InChI is InChI=1S/C19H15FN4OS/c1-11-2-4-12(5-3-11)17-21-22-19-24(17)23-18(26-19)16-8-6-13-10-14(20)7-9-15(13)25-16/h2-5,7,9-10,16H,6,8H2,1H3. The number of halogens is 1. The van der Waals surface area contributed by atoms with Crippen molar-refractivity contribution in [2.24, 2.45) is 0 Å². The zero-order chi connectivity index (χ0) is 17.7. The molecule has 0 amide bonds. The number of aryl methyl sites for hydroxylation is 2. The van der Waals surface area contributed by atoms with Crippen molar-refractivity contribution < 1.29 is 9.13 Å². The molecule has 5 nitrogen and oxygen atoms in total. The van der Waals surface area contributed by atoms with Gasteiger partial charge in [-0.15, -0.1) is 10.2 Å². The SMILES string of the molecule is Cc1ccc(-c2nnc3sc(C4CCc5cc(F)ccc5O4)nn23)cc1. The molecule has 0 radical (unpaired) electrons. The number of fused-ring (bicyclic) bond motifs is 2. The Bertz CT molecular complexity index is 1100. The van der Waals surface area contributed by atoms with Crippen molar-refractivity contribution in [2.75, 3.05) is 0 Å². The Morgan fingerprint density at radius 2 is 2.00 bits per heavy atom. The lowest BCUT2D eigenvalue weighted by molar-refractivity contribution is 0.174. The average molecular weight is 366 g/mol. The molecule has 1 aliphatic rings. The Morgan fingerprint density at radius 3 is 2.85 bits per heavy atom. The van der Waals surface area contributed by atoms with Crippen LogP contribution in [-0.2, 0) is 6.42 Å². The van der Waals surface area contributed by atoms with Crippen molar-refractivity contribution in [3.05, 3.63) is 64.4 Å². The van der Waals surface area contributed by atoms with E-state index in [0.717, 1.165) is 45.5 Å². The van der Waals surface area contributed by atoms with Crippen LogP contribution in [0.4, 0.5) is 4.39 Å². The number of hydrogen-bond donors (Lipinski definition) is 0. The summed E-state index contributed by atoms with van der Waals surface area (Å²) in [5.74, 6) is 1.22. The Labute approximate surface area is 153 Å². The fourth-order valence-corrected chi connectivity index (χ4v) is 4.08. The van der Waals surface area contributed by atoms with Crippen LogP contribution in [0.15, 0.2) is 42.5 Å². The van der Waals surface area contributed by atoms with Gasteiger partial charge in [-0.2, -0.15) is 9.61 Å². The van der Waals surface area contributed by atoms with Crippen LogP contribution in [0.25, 0.3) is 16.3 Å². The molecule has 1 atom stereocenters. The van der Waals surface area contributed by atoms with E-state index in [1.54, 1.807) is 16.6 Å². The number of ether oxygens (including phenoxy) is 1. The minimum Gasteiger partial charge on any atom is -0.483 e. The third-order valence-corrected chi connectivity index (χ3v) is 5.55. The van der Waals surface area contributed by atoms with Crippen LogP contribution in [0.2, 0.25) is 0 Å². The van der Waals surface area contributed by atoms with Crippen LogP contribution < -0.4 is 4.74 Å². The van der Waals surface area contributed by atoms with Gasteiger partial charge in [0.1, 0.15) is 11.6 Å². The molecule has 0 saturated carbocycles. The van der Waals surface area contributed by atoms with Gasteiger partial charge in [0, 0.05) is 5.56 Å². The van der Waals surface area contributed by atoms with E-state index in [1.807, 2.05) is 31.2 Å². The van der Waals surface area contributed by atoms with Gasteiger partial charge in [-0.05, 0) is 43.5 Å². The lowest BCUT2D eigenvalue weighted by Gasteiger charge is -2.24. The molecule has 0 bridgehead atoms. The molecule has 3 heterocycles. The van der Waals surface area contributed by atoms with Gasteiger partial charge in [0.05, 0.1) is 0 Å². The van der Waals surface area contributed by atoms with Crippen molar-refractivity contribution in [3.8, 4) is 17.1 Å². The normalized spacial score (nSPS) is 16.5. The first-order chi connectivity index (χ1) is 12.7. The summed E-state index contributed by atoms with van der Waals surface area (Å²) in [6.45, 7) is 2.05. The fraction of sp³-hybridized carbons (Fsp3) is 0.211. The molecule has 2 aromatic heterocycles. The Balaban J connectivity index is 1.49. The summed E-state index contributed by atoms with van der Waals surface area (Å²) in [6.07, 6.45) is 1.38. The summed E-state index contributed by atoms with van der Waals surface area (Å²) in [7, 11) is 0. The van der Waals surface area contributed by atoms with Gasteiger partial charge in [0.2, 0.25) is 4.96 Å². The molecule has 1 unspecified atom stereocenters. The first-order valence-corrected chi connectivity index (χ1v) is 9.23. The summed E-state index contributed by atoms with van der Waals surface area (Å²) in [4.78, 5) is 0.740. The average Bonchev–Trinajstić information content (AvgIpc) is 3.23. The van der Waals surface area contributed by atoms with Gasteiger partial charge < -0.3 is 4.74 Å². The highest BCUT2D eigenvalue weighted by molar-refractivity contribution is 7.16. The zero-order valence-corrected chi connectivity index (χ0v) is 14.8. The molecular weight excluding hydrogens is 351 g/mol. The van der Waals surface area contributed by atoms with Gasteiger partial charge in [-0.3, -0.25) is 0 Å². The van der Waals surface area contributed by atoms with Gasteiger partial charge in [0.25, 0.3) is 0 Å². The quantitative estimate of drug-likeness (QED) is 0.529. The number of aromatic nitrogens is 4. The minimum absolute atomic E-state index is 0.148. The van der Waals surface area contributed by atoms with E-state index in [4.69, 9.17) is 9.84 Å². The molecule has 1 aliphatic heterocycles. The summed E-state index contributed by atoms with van der Waals surface area (Å²) in [6, 6.07) is 12.8. The molecule has 0 N–H and O–H groups in total. The van der Waals surface area contributed by atoms with E-state index in [0.29, 0.717) is 0 Å². The lowest BCUT2D eigenvalue weighted by atomic mass is 10.0. The zero-order valence-electron chi connectivity index (χ0n) is 14.0. The van der Waals surface area contributed by atoms with Gasteiger partial charge in [-0.25, -0.2) is 4.39 Å². The van der Waals surface area contributed by atoms with E-state index in [9.17, 15) is 4.39 Å². The number of nitrogens with zero attached hydrogens (tertiary/aromatic N) is 4. The van der Waals surface area contributed by atoms with Gasteiger partial charge >= 0.3 is 0 Å². The van der Waals surface area contributed by atoms with Crippen LogP contribution in [0, 0.1) is 12.7 Å². The maximum absolute atomic E-state index is 13.4. The lowest BCUT2D eigenvalue weighted by Crippen LogP contribution is -2.15.